The van der Waals surface area contributed by atoms with Crippen molar-refractivity contribution < 1.29 is 0 Å². The van der Waals surface area contributed by atoms with Crippen molar-refractivity contribution in [3.8, 4) is 0 Å². The van der Waals surface area contributed by atoms with Gasteiger partial charge in [0, 0.05) is 30.7 Å². The number of nitrogens with zero attached hydrogens (tertiary/aromatic N) is 1. The van der Waals surface area contributed by atoms with Crippen LogP contribution in [0.2, 0.25) is 0 Å². The van der Waals surface area contributed by atoms with E-state index in [1.165, 1.54) is 51.6 Å². The molecule has 96 valence electrons. The zero-order valence-electron chi connectivity index (χ0n) is 11.2. The van der Waals surface area contributed by atoms with E-state index in [9.17, 15) is 0 Å². The fourth-order valence-corrected chi connectivity index (χ4v) is 4.00. The van der Waals surface area contributed by atoms with Crippen molar-refractivity contribution in [3.05, 3.63) is 12.7 Å². The monoisotopic (exact) mass is 234 g/mol. The Morgan fingerprint density at radius 3 is 2.65 bits per heavy atom. The van der Waals surface area contributed by atoms with E-state index < -0.39 is 0 Å². The predicted octanol–water partition coefficient (Wildman–Crippen LogP) is 2.56. The second-order valence-corrected chi connectivity index (χ2v) is 6.64. The van der Waals surface area contributed by atoms with E-state index in [0.717, 1.165) is 12.5 Å². The third kappa shape index (κ3) is 1.96. The van der Waals surface area contributed by atoms with Gasteiger partial charge in [0.25, 0.3) is 0 Å². The Morgan fingerprint density at radius 2 is 2.06 bits per heavy atom. The Labute approximate surface area is 105 Å². The van der Waals surface area contributed by atoms with Gasteiger partial charge in [-0.2, -0.15) is 0 Å². The van der Waals surface area contributed by atoms with Crippen LogP contribution in [0.15, 0.2) is 12.7 Å². The molecule has 17 heavy (non-hydrogen) atoms. The molecule has 1 N–H and O–H groups in total. The van der Waals surface area contributed by atoms with Crippen molar-refractivity contribution in [3.63, 3.8) is 0 Å². The molecule has 1 saturated heterocycles. The average Bonchev–Trinajstić information content (AvgIpc) is 3.08. The second kappa shape index (κ2) is 4.10. The van der Waals surface area contributed by atoms with Crippen molar-refractivity contribution >= 4 is 0 Å². The van der Waals surface area contributed by atoms with Crippen LogP contribution in [0.1, 0.15) is 45.4 Å². The van der Waals surface area contributed by atoms with Crippen LogP contribution in [0.4, 0.5) is 0 Å². The molecule has 0 aromatic rings. The smallest absolute Gasteiger partial charge is 0.0338 e. The summed E-state index contributed by atoms with van der Waals surface area (Å²) in [6.45, 7) is 9.91. The SMILES string of the molecule is C=CCN1CC2(CCCC2)NCC1(C)C1CC1. The van der Waals surface area contributed by atoms with Gasteiger partial charge < -0.3 is 5.32 Å². The summed E-state index contributed by atoms with van der Waals surface area (Å²) in [7, 11) is 0. The highest BCUT2D eigenvalue weighted by Gasteiger charge is 2.51. The van der Waals surface area contributed by atoms with Crippen LogP contribution in [0.5, 0.6) is 0 Å². The first kappa shape index (κ1) is 11.7. The summed E-state index contributed by atoms with van der Waals surface area (Å²) in [6, 6.07) is 0. The van der Waals surface area contributed by atoms with Crippen molar-refractivity contribution in [2.45, 2.75) is 56.5 Å². The van der Waals surface area contributed by atoms with E-state index in [1.807, 2.05) is 0 Å². The van der Waals surface area contributed by atoms with E-state index in [4.69, 9.17) is 0 Å². The van der Waals surface area contributed by atoms with Gasteiger partial charge in [0.2, 0.25) is 0 Å². The predicted molar refractivity (Wildman–Crippen MR) is 72.1 cm³/mol. The summed E-state index contributed by atoms with van der Waals surface area (Å²) in [5, 5.41) is 3.92. The second-order valence-electron chi connectivity index (χ2n) is 6.64. The normalized spacial score (nSPS) is 37.5. The summed E-state index contributed by atoms with van der Waals surface area (Å²) < 4.78 is 0. The summed E-state index contributed by atoms with van der Waals surface area (Å²) in [5.74, 6) is 0.925. The van der Waals surface area contributed by atoms with Gasteiger partial charge in [-0.05, 0) is 38.5 Å². The Kier molecular flexibility index (Phi) is 2.83. The number of piperazine rings is 1. The highest BCUT2D eigenvalue weighted by Crippen LogP contribution is 2.46. The van der Waals surface area contributed by atoms with Crippen LogP contribution in [0.25, 0.3) is 0 Å². The van der Waals surface area contributed by atoms with Gasteiger partial charge in [0.05, 0.1) is 0 Å². The molecule has 2 aliphatic carbocycles. The first-order chi connectivity index (χ1) is 8.19. The van der Waals surface area contributed by atoms with Gasteiger partial charge in [0.15, 0.2) is 0 Å². The summed E-state index contributed by atoms with van der Waals surface area (Å²) in [4.78, 5) is 2.72. The maximum absolute atomic E-state index is 3.95. The molecule has 0 aromatic heterocycles. The maximum atomic E-state index is 3.95. The van der Waals surface area contributed by atoms with Crippen molar-refractivity contribution in [1.29, 1.82) is 0 Å². The van der Waals surface area contributed by atoms with Crippen molar-refractivity contribution in [2.24, 2.45) is 5.92 Å². The average molecular weight is 234 g/mol. The Balaban J connectivity index is 1.77. The van der Waals surface area contributed by atoms with E-state index in [1.54, 1.807) is 0 Å². The van der Waals surface area contributed by atoms with Crippen LogP contribution in [-0.2, 0) is 0 Å². The van der Waals surface area contributed by atoms with Gasteiger partial charge in [0.1, 0.15) is 0 Å². The van der Waals surface area contributed by atoms with Gasteiger partial charge in [-0.15, -0.1) is 6.58 Å². The molecule has 1 atom stereocenters. The molecule has 2 heteroatoms. The van der Waals surface area contributed by atoms with E-state index in [0.29, 0.717) is 11.1 Å². The van der Waals surface area contributed by atoms with E-state index in [-0.39, 0.29) is 0 Å². The molecule has 1 aliphatic heterocycles. The molecule has 0 aromatic carbocycles. The minimum absolute atomic E-state index is 0.391. The highest BCUT2D eigenvalue weighted by atomic mass is 15.3. The van der Waals surface area contributed by atoms with Crippen LogP contribution in [0, 0.1) is 5.92 Å². The van der Waals surface area contributed by atoms with Crippen molar-refractivity contribution in [1.82, 2.24) is 10.2 Å². The Bertz CT molecular complexity index is 302. The molecule has 0 bridgehead atoms. The number of nitrogens with one attached hydrogen (secondary N) is 1. The fourth-order valence-electron chi connectivity index (χ4n) is 4.00. The minimum Gasteiger partial charge on any atom is -0.308 e. The fraction of sp³-hybridized carbons (Fsp3) is 0.867. The van der Waals surface area contributed by atoms with Gasteiger partial charge in [-0.3, -0.25) is 4.90 Å². The molecule has 1 unspecified atom stereocenters. The molecule has 2 saturated carbocycles. The van der Waals surface area contributed by atoms with Crippen LogP contribution in [-0.4, -0.2) is 35.6 Å². The molecular weight excluding hydrogens is 208 g/mol. The zero-order valence-corrected chi connectivity index (χ0v) is 11.2. The van der Waals surface area contributed by atoms with Crippen LogP contribution >= 0.6 is 0 Å². The summed E-state index contributed by atoms with van der Waals surface area (Å²) in [6.07, 6.45) is 10.5. The standard InChI is InChI=1S/C15H26N2/c1-3-10-17-12-15(8-4-5-9-15)16-11-14(17,2)13-6-7-13/h3,13,16H,1,4-12H2,2H3. The molecule has 2 nitrogen and oxygen atoms in total. The van der Waals surface area contributed by atoms with Crippen LogP contribution in [0.3, 0.4) is 0 Å². The van der Waals surface area contributed by atoms with Gasteiger partial charge in [-0.1, -0.05) is 18.9 Å². The quantitative estimate of drug-likeness (QED) is 0.755. The van der Waals surface area contributed by atoms with Gasteiger partial charge in [-0.25, -0.2) is 0 Å². The van der Waals surface area contributed by atoms with Gasteiger partial charge >= 0.3 is 0 Å². The third-order valence-electron chi connectivity index (χ3n) is 5.40. The highest BCUT2D eigenvalue weighted by molar-refractivity contribution is 5.11. The molecule has 3 fully saturated rings. The summed E-state index contributed by atoms with van der Waals surface area (Å²) in [5.41, 5.74) is 0.833. The molecule has 3 rings (SSSR count). The molecule has 0 amide bonds. The first-order valence-electron chi connectivity index (χ1n) is 7.30. The Hall–Kier alpha value is -0.340. The lowest BCUT2D eigenvalue weighted by atomic mass is 9.83. The number of hydrogen-bond acceptors (Lipinski definition) is 2. The lowest BCUT2D eigenvalue weighted by Crippen LogP contribution is -2.69. The molecule has 1 spiro atoms. The molecule has 3 aliphatic rings. The number of hydrogen-bond donors (Lipinski definition) is 1. The van der Waals surface area contributed by atoms with E-state index in [2.05, 4.69) is 29.8 Å². The largest absolute Gasteiger partial charge is 0.308 e. The van der Waals surface area contributed by atoms with Crippen LogP contribution < -0.4 is 5.32 Å². The zero-order chi connectivity index (χ0) is 11.9. The van der Waals surface area contributed by atoms with Crippen molar-refractivity contribution in [2.75, 3.05) is 19.6 Å². The maximum Gasteiger partial charge on any atom is 0.0338 e. The minimum atomic E-state index is 0.391. The Morgan fingerprint density at radius 1 is 1.35 bits per heavy atom. The number of rotatable bonds is 3. The lowest BCUT2D eigenvalue weighted by molar-refractivity contribution is 0.0119. The molecular formula is C15H26N2. The molecule has 0 radical (unpaired) electrons. The molecule has 1 heterocycles. The lowest BCUT2D eigenvalue weighted by Gasteiger charge is -2.52. The third-order valence-corrected chi connectivity index (χ3v) is 5.40. The first-order valence-corrected chi connectivity index (χ1v) is 7.30. The summed E-state index contributed by atoms with van der Waals surface area (Å²) >= 11 is 0. The topological polar surface area (TPSA) is 15.3 Å². The van der Waals surface area contributed by atoms with E-state index >= 15 is 0 Å².